The molecule has 2 heteroatoms. The Bertz CT molecular complexity index is 4410. The van der Waals surface area contributed by atoms with E-state index in [4.69, 9.17) is 4.42 Å². The molecule has 0 aliphatic rings. The molecule has 2 nitrogen and oxygen atoms in total. The van der Waals surface area contributed by atoms with E-state index in [1.54, 1.807) is 0 Å². The molecule has 346 valence electrons. The van der Waals surface area contributed by atoms with E-state index in [9.17, 15) is 0 Å². The number of hydrogen-bond acceptors (Lipinski definition) is 2. The highest BCUT2D eigenvalue weighted by atomic mass is 16.3. The molecule has 0 amide bonds. The summed E-state index contributed by atoms with van der Waals surface area (Å²) >= 11 is 0. The van der Waals surface area contributed by atoms with E-state index in [0.717, 1.165) is 66.5 Å². The Kier molecular flexibility index (Phi) is 10.6. The van der Waals surface area contributed by atoms with Crippen LogP contribution in [0, 0.1) is 0 Å². The Morgan fingerprint density at radius 1 is 0.216 bits per heavy atom. The number of rotatable bonds is 9. The smallest absolute Gasteiger partial charge is 0.137 e. The van der Waals surface area contributed by atoms with Gasteiger partial charge >= 0.3 is 0 Å². The lowest BCUT2D eigenvalue weighted by Crippen LogP contribution is -2.10. The van der Waals surface area contributed by atoms with Crippen LogP contribution in [-0.2, 0) is 0 Å². The second kappa shape index (κ2) is 18.1. The van der Waals surface area contributed by atoms with Crippen LogP contribution < -0.4 is 4.90 Å². The lowest BCUT2D eigenvalue weighted by atomic mass is 9.85. The fraction of sp³-hybridized carbons (Fsp3) is 0. The lowest BCUT2D eigenvalue weighted by Gasteiger charge is -2.28. The minimum atomic E-state index is 0.854. The van der Waals surface area contributed by atoms with Crippen LogP contribution in [0.4, 0.5) is 17.1 Å². The molecule has 13 aromatic carbocycles. The third kappa shape index (κ3) is 7.60. The quantitative estimate of drug-likeness (QED) is 0.134. The third-order valence-electron chi connectivity index (χ3n) is 14.8. The predicted molar refractivity (Wildman–Crippen MR) is 314 cm³/mol. The SMILES string of the molecule is c1ccc(-c2ccc(-c3cc4ccc(N(c5ccc6c(c5)oc5ccccc56)c5cc6ccccc6c6ccccc56)cc4cc3-c3ccc(-c4ccccc4)c(-c4ccccc4)c3)cc2-c2ccccc2)cc1. The summed E-state index contributed by atoms with van der Waals surface area (Å²) < 4.78 is 6.58. The van der Waals surface area contributed by atoms with Crippen molar-refractivity contribution in [2.45, 2.75) is 0 Å². The number of nitrogens with zero attached hydrogens (tertiary/aromatic N) is 1. The van der Waals surface area contributed by atoms with Crippen molar-refractivity contribution in [2.24, 2.45) is 0 Å². The van der Waals surface area contributed by atoms with Crippen LogP contribution in [0.1, 0.15) is 0 Å². The standard InChI is InChI=1S/C72H47NO/c1-5-19-48(20-6-1)60-38-34-54(43-66(60)50-23-9-3-10-24-50)68-42-52-33-36-57(41-56(52)45-69(68)55-35-39-61(49-21-7-2-8-22-49)67(44-55)51-25-11-4-12-26-51)73(58-37-40-65-64-31-17-18-32-71(64)74-72(65)47-58)70-46-53-27-13-14-28-59(53)62-29-15-16-30-63(62)70/h1-47H. The zero-order chi connectivity index (χ0) is 49.0. The van der Waals surface area contributed by atoms with Gasteiger partial charge in [0, 0.05) is 33.6 Å². The maximum atomic E-state index is 6.58. The van der Waals surface area contributed by atoms with Crippen molar-refractivity contribution >= 4 is 71.3 Å². The van der Waals surface area contributed by atoms with Crippen molar-refractivity contribution in [3.8, 4) is 66.8 Å². The summed E-state index contributed by atoms with van der Waals surface area (Å²) in [5.74, 6) is 0. The Labute approximate surface area is 430 Å². The van der Waals surface area contributed by atoms with E-state index in [2.05, 4.69) is 284 Å². The second-order valence-electron chi connectivity index (χ2n) is 19.2. The maximum Gasteiger partial charge on any atom is 0.137 e. The third-order valence-corrected chi connectivity index (χ3v) is 14.8. The highest BCUT2D eigenvalue weighted by Gasteiger charge is 2.22. The molecule has 0 aliphatic heterocycles. The van der Waals surface area contributed by atoms with Gasteiger partial charge in [-0.2, -0.15) is 0 Å². The number of benzene rings is 13. The molecule has 0 unspecified atom stereocenters. The number of furan rings is 1. The van der Waals surface area contributed by atoms with E-state index in [1.165, 1.54) is 71.6 Å². The van der Waals surface area contributed by atoms with E-state index in [1.807, 2.05) is 6.07 Å². The van der Waals surface area contributed by atoms with Gasteiger partial charge in [0.05, 0.1) is 5.69 Å². The van der Waals surface area contributed by atoms with Crippen molar-refractivity contribution in [2.75, 3.05) is 4.90 Å². The molecule has 1 aromatic heterocycles. The Balaban J connectivity index is 1.02. The van der Waals surface area contributed by atoms with Crippen LogP contribution in [0.25, 0.3) is 121 Å². The molecule has 0 aliphatic carbocycles. The summed E-state index contributed by atoms with van der Waals surface area (Å²) in [6.07, 6.45) is 0. The molecule has 0 atom stereocenters. The number of anilines is 3. The van der Waals surface area contributed by atoms with Gasteiger partial charge in [-0.15, -0.1) is 0 Å². The zero-order valence-corrected chi connectivity index (χ0v) is 40.5. The number of para-hydroxylation sites is 1. The van der Waals surface area contributed by atoms with Crippen LogP contribution >= 0.6 is 0 Å². The summed E-state index contributed by atoms with van der Waals surface area (Å²) in [6, 6.07) is 104. The van der Waals surface area contributed by atoms with Crippen LogP contribution in [0.15, 0.2) is 290 Å². The molecule has 0 bridgehead atoms. The van der Waals surface area contributed by atoms with E-state index in [0.29, 0.717) is 0 Å². The van der Waals surface area contributed by atoms with Crippen molar-refractivity contribution in [1.82, 2.24) is 0 Å². The van der Waals surface area contributed by atoms with Crippen molar-refractivity contribution in [3.63, 3.8) is 0 Å². The Hall–Kier alpha value is -9.76. The normalized spacial score (nSPS) is 11.5. The second-order valence-corrected chi connectivity index (χ2v) is 19.2. The van der Waals surface area contributed by atoms with Gasteiger partial charge < -0.3 is 9.32 Å². The minimum absolute atomic E-state index is 0.854. The fourth-order valence-electron chi connectivity index (χ4n) is 11.3. The molecule has 0 spiro atoms. The number of fused-ring (bicyclic) bond motifs is 7. The molecule has 0 saturated carbocycles. The summed E-state index contributed by atoms with van der Waals surface area (Å²) in [4.78, 5) is 2.42. The Morgan fingerprint density at radius 3 is 1.27 bits per heavy atom. The van der Waals surface area contributed by atoms with E-state index >= 15 is 0 Å². The van der Waals surface area contributed by atoms with Gasteiger partial charge in [-0.05, 0) is 154 Å². The monoisotopic (exact) mass is 941 g/mol. The van der Waals surface area contributed by atoms with E-state index in [-0.39, 0.29) is 0 Å². The minimum Gasteiger partial charge on any atom is -0.456 e. The summed E-state index contributed by atoms with van der Waals surface area (Å²) in [5, 5.41) is 9.31. The van der Waals surface area contributed by atoms with Gasteiger partial charge in [0.2, 0.25) is 0 Å². The van der Waals surface area contributed by atoms with Crippen LogP contribution in [0.2, 0.25) is 0 Å². The number of hydrogen-bond donors (Lipinski definition) is 0. The van der Waals surface area contributed by atoms with Gasteiger partial charge in [0.1, 0.15) is 11.2 Å². The highest BCUT2D eigenvalue weighted by molar-refractivity contribution is 6.15. The first-order valence-electron chi connectivity index (χ1n) is 25.4. The molecule has 1 heterocycles. The average Bonchev–Trinajstić information content (AvgIpc) is 3.86. The predicted octanol–water partition coefficient (Wildman–Crippen LogP) is 20.5. The molecule has 0 N–H and O–H groups in total. The first-order chi connectivity index (χ1) is 36.7. The van der Waals surface area contributed by atoms with Crippen molar-refractivity contribution < 1.29 is 4.42 Å². The van der Waals surface area contributed by atoms with Crippen LogP contribution in [-0.4, -0.2) is 0 Å². The van der Waals surface area contributed by atoms with Crippen molar-refractivity contribution in [3.05, 3.63) is 285 Å². The highest BCUT2D eigenvalue weighted by Crippen LogP contribution is 2.47. The van der Waals surface area contributed by atoms with Gasteiger partial charge in [-0.25, -0.2) is 0 Å². The summed E-state index contributed by atoms with van der Waals surface area (Å²) in [5.41, 5.74) is 19.0. The largest absolute Gasteiger partial charge is 0.456 e. The fourth-order valence-corrected chi connectivity index (χ4v) is 11.3. The van der Waals surface area contributed by atoms with E-state index < -0.39 is 0 Å². The molecule has 0 saturated heterocycles. The lowest BCUT2D eigenvalue weighted by molar-refractivity contribution is 0.669. The van der Waals surface area contributed by atoms with Gasteiger partial charge in [-0.1, -0.05) is 218 Å². The maximum absolute atomic E-state index is 6.58. The Morgan fingerprint density at radius 2 is 0.662 bits per heavy atom. The molecule has 14 aromatic rings. The zero-order valence-electron chi connectivity index (χ0n) is 40.5. The molecule has 0 radical (unpaired) electrons. The molecule has 74 heavy (non-hydrogen) atoms. The summed E-state index contributed by atoms with van der Waals surface area (Å²) in [6.45, 7) is 0. The molecule has 0 fully saturated rings. The van der Waals surface area contributed by atoms with Gasteiger partial charge in [0.15, 0.2) is 0 Å². The van der Waals surface area contributed by atoms with Crippen LogP contribution in [0.5, 0.6) is 0 Å². The average molecular weight is 942 g/mol. The van der Waals surface area contributed by atoms with Crippen LogP contribution in [0.3, 0.4) is 0 Å². The summed E-state index contributed by atoms with van der Waals surface area (Å²) in [7, 11) is 0. The molecular weight excluding hydrogens is 895 g/mol. The first-order valence-corrected chi connectivity index (χ1v) is 25.4. The molecule has 14 rings (SSSR count). The molecular formula is C72H47NO. The van der Waals surface area contributed by atoms with Gasteiger partial charge in [0.25, 0.3) is 0 Å². The first kappa shape index (κ1) is 43.1. The van der Waals surface area contributed by atoms with Gasteiger partial charge in [-0.3, -0.25) is 0 Å². The topological polar surface area (TPSA) is 16.4 Å². The van der Waals surface area contributed by atoms with Crippen molar-refractivity contribution in [1.29, 1.82) is 0 Å².